The second-order valence-corrected chi connectivity index (χ2v) is 4.23. The Morgan fingerprint density at radius 3 is 2.62 bits per heavy atom. The van der Waals surface area contributed by atoms with Gasteiger partial charge in [-0.2, -0.15) is 5.26 Å². The van der Waals surface area contributed by atoms with E-state index in [1.807, 2.05) is 39.0 Å². The van der Waals surface area contributed by atoms with Crippen LogP contribution in [-0.2, 0) is 0 Å². The summed E-state index contributed by atoms with van der Waals surface area (Å²) in [6.07, 6.45) is 0. The molecular weight excluding hydrogens is 200 g/mol. The number of rotatable bonds is 4. The number of hydrogen-bond donors (Lipinski definition) is 2. The summed E-state index contributed by atoms with van der Waals surface area (Å²) in [5.74, 6) is 0.205. The maximum Gasteiger partial charge on any atom is 0.0994 e. The van der Waals surface area contributed by atoms with E-state index in [-0.39, 0.29) is 18.6 Å². The van der Waals surface area contributed by atoms with E-state index >= 15 is 0 Å². The van der Waals surface area contributed by atoms with Crippen LogP contribution in [0.25, 0.3) is 0 Å². The molecule has 0 aliphatic carbocycles. The minimum absolute atomic E-state index is 0.170. The molecule has 1 rings (SSSR count). The Morgan fingerprint density at radius 1 is 1.44 bits per heavy atom. The van der Waals surface area contributed by atoms with Gasteiger partial charge in [0.1, 0.15) is 0 Å². The van der Waals surface area contributed by atoms with Crippen LogP contribution in [0.5, 0.6) is 0 Å². The molecule has 0 spiro atoms. The molecule has 0 radical (unpaired) electrons. The van der Waals surface area contributed by atoms with Gasteiger partial charge in [0.05, 0.1) is 11.6 Å². The summed E-state index contributed by atoms with van der Waals surface area (Å²) in [6.45, 7) is 6.12. The number of nitriles is 1. The Kier molecular flexibility index (Phi) is 4.33. The van der Waals surface area contributed by atoms with E-state index in [0.29, 0.717) is 5.56 Å². The second kappa shape index (κ2) is 5.53. The first-order valence-electron chi connectivity index (χ1n) is 5.46. The zero-order chi connectivity index (χ0) is 12.1. The van der Waals surface area contributed by atoms with E-state index in [1.165, 1.54) is 0 Å². The van der Waals surface area contributed by atoms with Crippen LogP contribution in [0.4, 0.5) is 5.69 Å². The lowest BCUT2D eigenvalue weighted by Gasteiger charge is -2.20. The van der Waals surface area contributed by atoms with Crippen molar-refractivity contribution in [2.24, 2.45) is 5.92 Å². The first-order valence-corrected chi connectivity index (χ1v) is 5.46. The molecule has 16 heavy (non-hydrogen) atoms. The highest BCUT2D eigenvalue weighted by atomic mass is 16.3. The van der Waals surface area contributed by atoms with Crippen molar-refractivity contribution in [3.63, 3.8) is 0 Å². The fourth-order valence-corrected chi connectivity index (χ4v) is 1.44. The minimum Gasteiger partial charge on any atom is -0.396 e. The highest BCUT2D eigenvalue weighted by Gasteiger charge is 2.10. The van der Waals surface area contributed by atoms with Crippen LogP contribution in [0.3, 0.4) is 0 Å². The lowest BCUT2D eigenvalue weighted by molar-refractivity contribution is 0.226. The maximum atomic E-state index is 9.04. The summed E-state index contributed by atoms with van der Waals surface area (Å²) in [7, 11) is 0. The lowest BCUT2D eigenvalue weighted by Crippen LogP contribution is -2.26. The fourth-order valence-electron chi connectivity index (χ4n) is 1.44. The zero-order valence-corrected chi connectivity index (χ0v) is 9.99. The average Bonchev–Trinajstić information content (AvgIpc) is 2.28. The van der Waals surface area contributed by atoms with Crippen LogP contribution in [0.15, 0.2) is 18.2 Å². The van der Waals surface area contributed by atoms with Crippen molar-refractivity contribution in [1.29, 1.82) is 5.26 Å². The second-order valence-electron chi connectivity index (χ2n) is 4.23. The molecule has 0 aliphatic heterocycles. The molecule has 86 valence electrons. The first-order chi connectivity index (χ1) is 7.58. The summed E-state index contributed by atoms with van der Waals surface area (Å²) in [5, 5.41) is 21.2. The summed E-state index contributed by atoms with van der Waals surface area (Å²) < 4.78 is 0. The van der Waals surface area contributed by atoms with Gasteiger partial charge in [0.2, 0.25) is 0 Å². The van der Waals surface area contributed by atoms with Gasteiger partial charge in [0.15, 0.2) is 0 Å². The van der Waals surface area contributed by atoms with Crippen molar-refractivity contribution in [2.75, 3.05) is 11.9 Å². The number of nitrogens with one attached hydrogen (secondary N) is 1. The van der Waals surface area contributed by atoms with Gasteiger partial charge in [-0.1, -0.05) is 6.92 Å². The van der Waals surface area contributed by atoms with E-state index in [4.69, 9.17) is 10.4 Å². The Balaban J connectivity index is 2.76. The van der Waals surface area contributed by atoms with E-state index in [0.717, 1.165) is 11.3 Å². The highest BCUT2D eigenvalue weighted by Crippen LogP contribution is 2.17. The highest BCUT2D eigenvalue weighted by molar-refractivity contribution is 5.52. The van der Waals surface area contributed by atoms with Gasteiger partial charge in [-0.05, 0) is 43.5 Å². The van der Waals surface area contributed by atoms with E-state index in [9.17, 15) is 0 Å². The minimum atomic E-state index is 0.170. The molecule has 1 aromatic rings. The maximum absolute atomic E-state index is 9.04. The molecule has 2 N–H and O–H groups in total. The molecule has 0 fully saturated rings. The summed E-state index contributed by atoms with van der Waals surface area (Å²) in [4.78, 5) is 0. The Labute approximate surface area is 96.7 Å². The van der Waals surface area contributed by atoms with E-state index in [2.05, 4.69) is 11.4 Å². The first kappa shape index (κ1) is 12.5. The van der Waals surface area contributed by atoms with Gasteiger partial charge in [0.25, 0.3) is 0 Å². The average molecular weight is 218 g/mol. The molecule has 0 aliphatic rings. The fraction of sp³-hybridized carbons (Fsp3) is 0.462. The predicted molar refractivity (Wildman–Crippen MR) is 65.2 cm³/mol. The van der Waals surface area contributed by atoms with Crippen molar-refractivity contribution in [3.05, 3.63) is 29.3 Å². The van der Waals surface area contributed by atoms with Crippen molar-refractivity contribution in [1.82, 2.24) is 0 Å². The van der Waals surface area contributed by atoms with Crippen LogP contribution in [0.2, 0.25) is 0 Å². The van der Waals surface area contributed by atoms with Crippen molar-refractivity contribution >= 4 is 5.69 Å². The molecule has 0 saturated carbocycles. The third kappa shape index (κ3) is 2.98. The van der Waals surface area contributed by atoms with Crippen molar-refractivity contribution in [3.8, 4) is 6.07 Å². The molecule has 1 aromatic carbocycles. The molecule has 0 aromatic heterocycles. The normalized spacial score (nSPS) is 13.9. The smallest absolute Gasteiger partial charge is 0.0994 e. The van der Waals surface area contributed by atoms with E-state index in [1.54, 1.807) is 0 Å². The molecule has 2 atom stereocenters. The third-order valence-electron chi connectivity index (χ3n) is 2.88. The number of anilines is 1. The summed E-state index contributed by atoms with van der Waals surface area (Å²) in [5.41, 5.74) is 2.66. The number of benzene rings is 1. The number of aryl methyl sites for hydroxylation is 1. The molecule has 0 heterocycles. The van der Waals surface area contributed by atoms with Crippen LogP contribution >= 0.6 is 0 Å². The largest absolute Gasteiger partial charge is 0.396 e. The van der Waals surface area contributed by atoms with Gasteiger partial charge < -0.3 is 10.4 Å². The number of aliphatic hydroxyl groups is 1. The van der Waals surface area contributed by atoms with Gasteiger partial charge in [-0.3, -0.25) is 0 Å². The predicted octanol–water partition coefficient (Wildman–Crippen LogP) is 2.30. The van der Waals surface area contributed by atoms with Gasteiger partial charge in [-0.15, -0.1) is 0 Å². The van der Waals surface area contributed by atoms with E-state index < -0.39 is 0 Å². The summed E-state index contributed by atoms with van der Waals surface area (Å²) in [6, 6.07) is 8.01. The van der Waals surface area contributed by atoms with Crippen LogP contribution in [0.1, 0.15) is 25.0 Å². The summed E-state index contributed by atoms with van der Waals surface area (Å²) >= 11 is 0. The SMILES string of the molecule is Cc1cc(NC(C)C(C)CO)ccc1C#N. The Morgan fingerprint density at radius 2 is 2.12 bits per heavy atom. The molecule has 0 saturated heterocycles. The molecule has 0 amide bonds. The topological polar surface area (TPSA) is 56.0 Å². The Hall–Kier alpha value is -1.53. The quantitative estimate of drug-likeness (QED) is 0.815. The molecule has 3 nitrogen and oxygen atoms in total. The molecule has 3 heteroatoms. The monoisotopic (exact) mass is 218 g/mol. The standard InChI is InChI=1S/C13H18N2O/c1-9-6-13(5-4-12(9)7-14)15-11(3)10(2)8-16/h4-6,10-11,15-16H,8H2,1-3H3. The number of nitrogens with zero attached hydrogens (tertiary/aromatic N) is 1. The van der Waals surface area contributed by atoms with Crippen molar-refractivity contribution < 1.29 is 5.11 Å². The molecule has 2 unspecified atom stereocenters. The van der Waals surface area contributed by atoms with Crippen LogP contribution in [-0.4, -0.2) is 17.8 Å². The lowest BCUT2D eigenvalue weighted by atomic mass is 10.0. The number of hydrogen-bond acceptors (Lipinski definition) is 3. The van der Waals surface area contributed by atoms with Gasteiger partial charge >= 0.3 is 0 Å². The zero-order valence-electron chi connectivity index (χ0n) is 9.99. The third-order valence-corrected chi connectivity index (χ3v) is 2.88. The van der Waals surface area contributed by atoms with Gasteiger partial charge in [-0.25, -0.2) is 0 Å². The van der Waals surface area contributed by atoms with Crippen LogP contribution < -0.4 is 5.32 Å². The number of aliphatic hydroxyl groups excluding tert-OH is 1. The van der Waals surface area contributed by atoms with Crippen LogP contribution in [0, 0.1) is 24.2 Å². The van der Waals surface area contributed by atoms with Crippen molar-refractivity contribution in [2.45, 2.75) is 26.8 Å². The Bertz CT molecular complexity index is 395. The van der Waals surface area contributed by atoms with Gasteiger partial charge in [0, 0.05) is 18.3 Å². The molecule has 0 bridgehead atoms. The molecular formula is C13H18N2O.